The third-order valence-corrected chi connectivity index (χ3v) is 2.50. The first-order valence-corrected chi connectivity index (χ1v) is 4.89. The normalized spacial score (nSPS) is 10.6. The van der Waals surface area contributed by atoms with Crippen LogP contribution in [0, 0.1) is 5.82 Å². The van der Waals surface area contributed by atoms with Crippen molar-refractivity contribution in [3.63, 3.8) is 0 Å². The summed E-state index contributed by atoms with van der Waals surface area (Å²) >= 11 is 0. The fourth-order valence-electron chi connectivity index (χ4n) is 1.31. The van der Waals surface area contributed by atoms with E-state index in [2.05, 4.69) is 0 Å². The van der Waals surface area contributed by atoms with Gasteiger partial charge in [-0.25, -0.2) is 9.18 Å². The number of benzene rings is 1. The lowest BCUT2D eigenvalue weighted by molar-refractivity contribution is 0.0698. The summed E-state index contributed by atoms with van der Waals surface area (Å²) in [6.45, 7) is 3.77. The van der Waals surface area contributed by atoms with Crippen LogP contribution in [0.15, 0.2) is 12.1 Å². The topological polar surface area (TPSA) is 66.6 Å². The van der Waals surface area contributed by atoms with Crippen molar-refractivity contribution in [1.82, 2.24) is 0 Å². The standard InChI is InChI=1S/C11H15FN2O2/c1-6(2)14(3)10-4-7(11(15)16)9(13)5-8(10)12/h4-6H,13H2,1-3H3,(H,15,16). The molecule has 4 nitrogen and oxygen atoms in total. The molecule has 0 fully saturated rings. The van der Waals surface area contributed by atoms with Gasteiger partial charge in [-0.05, 0) is 26.0 Å². The van der Waals surface area contributed by atoms with Crippen molar-refractivity contribution >= 4 is 17.3 Å². The van der Waals surface area contributed by atoms with Crippen LogP contribution in [-0.2, 0) is 0 Å². The Morgan fingerprint density at radius 2 is 2.06 bits per heavy atom. The van der Waals surface area contributed by atoms with Crippen LogP contribution in [0.3, 0.4) is 0 Å². The van der Waals surface area contributed by atoms with Gasteiger partial charge in [-0.2, -0.15) is 0 Å². The lowest BCUT2D eigenvalue weighted by Gasteiger charge is -2.24. The van der Waals surface area contributed by atoms with Gasteiger partial charge in [0.15, 0.2) is 0 Å². The molecule has 0 saturated heterocycles. The Morgan fingerprint density at radius 3 is 2.50 bits per heavy atom. The van der Waals surface area contributed by atoms with E-state index in [0.717, 1.165) is 6.07 Å². The SMILES string of the molecule is CC(C)N(C)c1cc(C(=O)O)c(N)cc1F. The Morgan fingerprint density at radius 1 is 1.50 bits per heavy atom. The molecule has 3 N–H and O–H groups in total. The molecule has 0 amide bonds. The van der Waals surface area contributed by atoms with Gasteiger partial charge in [-0.1, -0.05) is 0 Å². The van der Waals surface area contributed by atoms with Crippen molar-refractivity contribution in [2.75, 3.05) is 17.7 Å². The summed E-state index contributed by atoms with van der Waals surface area (Å²) in [6, 6.07) is 2.37. The number of anilines is 2. The molecule has 0 heterocycles. The molecule has 88 valence electrons. The third kappa shape index (κ3) is 2.24. The van der Waals surface area contributed by atoms with Crippen LogP contribution in [0.1, 0.15) is 24.2 Å². The fraction of sp³-hybridized carbons (Fsp3) is 0.364. The smallest absolute Gasteiger partial charge is 0.337 e. The molecule has 0 spiro atoms. The quantitative estimate of drug-likeness (QED) is 0.773. The number of nitrogen functional groups attached to an aromatic ring is 1. The van der Waals surface area contributed by atoms with Crippen molar-refractivity contribution in [2.45, 2.75) is 19.9 Å². The molecule has 0 unspecified atom stereocenters. The monoisotopic (exact) mass is 226 g/mol. The molecule has 5 heteroatoms. The van der Waals surface area contributed by atoms with Gasteiger partial charge in [0.1, 0.15) is 5.82 Å². The molecule has 1 aromatic carbocycles. The number of hydrogen-bond donors (Lipinski definition) is 2. The number of carbonyl (C=O) groups is 1. The zero-order chi connectivity index (χ0) is 12.5. The van der Waals surface area contributed by atoms with Crippen LogP contribution in [0.2, 0.25) is 0 Å². The fourth-order valence-corrected chi connectivity index (χ4v) is 1.31. The van der Waals surface area contributed by atoms with Gasteiger partial charge in [-0.3, -0.25) is 0 Å². The molecular formula is C11H15FN2O2. The number of nitrogens with zero attached hydrogens (tertiary/aromatic N) is 1. The molecular weight excluding hydrogens is 211 g/mol. The molecule has 1 aromatic rings. The molecule has 0 aliphatic carbocycles. The van der Waals surface area contributed by atoms with Crippen LogP contribution in [-0.4, -0.2) is 24.2 Å². The van der Waals surface area contributed by atoms with Crippen LogP contribution < -0.4 is 10.6 Å². The van der Waals surface area contributed by atoms with Crippen molar-refractivity contribution in [3.05, 3.63) is 23.5 Å². The van der Waals surface area contributed by atoms with Gasteiger partial charge in [0.25, 0.3) is 0 Å². The van der Waals surface area contributed by atoms with Crippen molar-refractivity contribution < 1.29 is 14.3 Å². The number of aromatic carboxylic acids is 1. The second kappa shape index (κ2) is 4.38. The summed E-state index contributed by atoms with van der Waals surface area (Å²) in [5.74, 6) is -1.67. The number of carboxylic acids is 1. The first-order chi connectivity index (χ1) is 7.34. The molecule has 0 radical (unpaired) electrons. The number of rotatable bonds is 3. The minimum absolute atomic E-state index is 0.0640. The van der Waals surface area contributed by atoms with E-state index in [-0.39, 0.29) is 23.0 Å². The number of halogens is 1. The van der Waals surface area contributed by atoms with Crippen molar-refractivity contribution in [3.8, 4) is 0 Å². The molecule has 0 atom stereocenters. The molecule has 0 saturated carbocycles. The predicted molar refractivity (Wildman–Crippen MR) is 61.3 cm³/mol. The van der Waals surface area contributed by atoms with Gasteiger partial charge >= 0.3 is 5.97 Å². The molecule has 0 aromatic heterocycles. The van der Waals surface area contributed by atoms with Gasteiger partial charge < -0.3 is 15.7 Å². The van der Waals surface area contributed by atoms with Gasteiger partial charge in [-0.15, -0.1) is 0 Å². The van der Waals surface area contributed by atoms with E-state index in [1.165, 1.54) is 6.07 Å². The van der Waals surface area contributed by atoms with E-state index in [1.807, 2.05) is 13.8 Å². The van der Waals surface area contributed by atoms with Crippen molar-refractivity contribution in [1.29, 1.82) is 0 Å². The van der Waals surface area contributed by atoms with Crippen LogP contribution in [0.4, 0.5) is 15.8 Å². The summed E-state index contributed by atoms with van der Waals surface area (Å²) in [5.41, 5.74) is 5.52. The number of carboxylic acid groups (broad SMARTS) is 1. The van der Waals surface area contributed by atoms with E-state index < -0.39 is 11.8 Å². The molecule has 1 rings (SSSR count). The Kier molecular flexibility index (Phi) is 3.37. The zero-order valence-electron chi connectivity index (χ0n) is 9.49. The average molecular weight is 226 g/mol. The lowest BCUT2D eigenvalue weighted by atomic mass is 10.1. The Labute approximate surface area is 93.5 Å². The highest BCUT2D eigenvalue weighted by Crippen LogP contribution is 2.25. The average Bonchev–Trinajstić information content (AvgIpc) is 2.16. The van der Waals surface area contributed by atoms with E-state index in [4.69, 9.17) is 10.8 Å². The maximum atomic E-state index is 13.6. The van der Waals surface area contributed by atoms with Crippen molar-refractivity contribution in [2.24, 2.45) is 0 Å². The first-order valence-electron chi connectivity index (χ1n) is 4.89. The molecule has 0 bridgehead atoms. The maximum Gasteiger partial charge on any atom is 0.337 e. The molecule has 16 heavy (non-hydrogen) atoms. The summed E-state index contributed by atoms with van der Waals surface area (Å²) in [7, 11) is 1.70. The predicted octanol–water partition coefficient (Wildman–Crippen LogP) is 1.95. The van der Waals surface area contributed by atoms with E-state index in [1.54, 1.807) is 11.9 Å². The summed E-state index contributed by atoms with van der Waals surface area (Å²) in [5, 5.41) is 8.88. The third-order valence-electron chi connectivity index (χ3n) is 2.50. The largest absolute Gasteiger partial charge is 0.478 e. The number of hydrogen-bond acceptors (Lipinski definition) is 3. The second-order valence-electron chi connectivity index (χ2n) is 3.90. The van der Waals surface area contributed by atoms with Crippen LogP contribution >= 0.6 is 0 Å². The van der Waals surface area contributed by atoms with E-state index in [0.29, 0.717) is 0 Å². The van der Waals surface area contributed by atoms with Gasteiger partial charge in [0, 0.05) is 18.8 Å². The Balaban J connectivity index is 3.30. The molecule has 0 aliphatic rings. The number of nitrogens with two attached hydrogens (primary N) is 1. The van der Waals surface area contributed by atoms with E-state index in [9.17, 15) is 9.18 Å². The summed E-state index contributed by atoms with van der Waals surface area (Å²) in [6.07, 6.45) is 0. The highest BCUT2D eigenvalue weighted by Gasteiger charge is 2.16. The highest BCUT2D eigenvalue weighted by molar-refractivity contribution is 5.95. The highest BCUT2D eigenvalue weighted by atomic mass is 19.1. The van der Waals surface area contributed by atoms with E-state index >= 15 is 0 Å². The minimum atomic E-state index is -1.16. The molecule has 0 aliphatic heterocycles. The zero-order valence-corrected chi connectivity index (χ0v) is 9.49. The first kappa shape index (κ1) is 12.3. The second-order valence-corrected chi connectivity index (χ2v) is 3.90. The Bertz CT molecular complexity index is 419. The Hall–Kier alpha value is -1.78. The maximum absolute atomic E-state index is 13.6. The lowest BCUT2D eigenvalue weighted by Crippen LogP contribution is -2.27. The summed E-state index contributed by atoms with van der Waals surface area (Å²) < 4.78 is 13.6. The van der Waals surface area contributed by atoms with Crippen LogP contribution in [0.25, 0.3) is 0 Å². The van der Waals surface area contributed by atoms with Crippen LogP contribution in [0.5, 0.6) is 0 Å². The van der Waals surface area contributed by atoms with Gasteiger partial charge in [0.05, 0.1) is 11.3 Å². The van der Waals surface area contributed by atoms with Gasteiger partial charge in [0.2, 0.25) is 0 Å². The summed E-state index contributed by atoms with van der Waals surface area (Å²) in [4.78, 5) is 12.5. The minimum Gasteiger partial charge on any atom is -0.478 e.